The van der Waals surface area contributed by atoms with Crippen LogP contribution in [0, 0.1) is 10.1 Å². The minimum absolute atomic E-state index is 0.0112. The maximum atomic E-state index is 13.0. The summed E-state index contributed by atoms with van der Waals surface area (Å²) in [4.78, 5) is 39.4. The Morgan fingerprint density at radius 1 is 1.44 bits per heavy atom. The first-order valence-corrected chi connectivity index (χ1v) is 10.4. The smallest absolute Gasteiger partial charge is 0.344 e. The molecule has 0 saturated heterocycles. The molecule has 3 aromatic rings. The number of aryl methyl sites for hydroxylation is 1. The Balaban J connectivity index is 2.20. The molecule has 12 heteroatoms. The van der Waals surface area contributed by atoms with Gasteiger partial charge in [0.25, 0.3) is 5.56 Å². The number of nitro benzene ring substituents is 1. The first-order chi connectivity index (χ1) is 15.1. The van der Waals surface area contributed by atoms with Gasteiger partial charge in [0, 0.05) is 27.5 Å². The molecule has 3 rings (SSSR count). The van der Waals surface area contributed by atoms with Crippen LogP contribution in [0.3, 0.4) is 0 Å². The second kappa shape index (κ2) is 9.45. The molecule has 0 amide bonds. The topological polar surface area (TPSA) is 137 Å². The molecule has 0 saturated carbocycles. The summed E-state index contributed by atoms with van der Waals surface area (Å²) in [6, 6.07) is 7.45. The van der Waals surface area contributed by atoms with Crippen LogP contribution in [0.15, 0.2) is 44.7 Å². The van der Waals surface area contributed by atoms with Crippen molar-refractivity contribution < 1.29 is 19.6 Å². The number of hydrogen-bond donors (Lipinski definition) is 1. The van der Waals surface area contributed by atoms with Gasteiger partial charge in [-0.1, -0.05) is 34.5 Å². The zero-order chi connectivity index (χ0) is 23.6. The van der Waals surface area contributed by atoms with Crippen LogP contribution < -0.4 is 10.3 Å². The summed E-state index contributed by atoms with van der Waals surface area (Å²) in [6.07, 6.45) is 0.151. The van der Waals surface area contributed by atoms with Gasteiger partial charge in [0.2, 0.25) is 5.75 Å². The van der Waals surface area contributed by atoms with Gasteiger partial charge in [0.15, 0.2) is 6.10 Å². The molecule has 1 atom stereocenters. The van der Waals surface area contributed by atoms with Crippen molar-refractivity contribution in [1.29, 1.82) is 0 Å². The Morgan fingerprint density at radius 3 is 2.78 bits per heavy atom. The third kappa shape index (κ3) is 4.78. The Bertz CT molecular complexity index is 1320. The number of carboxylic acid groups (broad SMARTS) is 1. The highest BCUT2D eigenvalue weighted by atomic mass is 79.9. The number of carboxylic acids is 1. The van der Waals surface area contributed by atoms with Gasteiger partial charge in [-0.2, -0.15) is 9.78 Å². The van der Waals surface area contributed by atoms with Crippen LogP contribution in [-0.4, -0.2) is 38.0 Å². The molecular formula is C20H16BrClN4O6. The molecule has 0 aliphatic carbocycles. The summed E-state index contributed by atoms with van der Waals surface area (Å²) >= 11 is 9.33. The predicted molar refractivity (Wildman–Crippen MR) is 122 cm³/mol. The third-order valence-electron chi connectivity index (χ3n) is 4.41. The van der Waals surface area contributed by atoms with Crippen LogP contribution in [0.1, 0.15) is 25.2 Å². The van der Waals surface area contributed by atoms with Crippen LogP contribution in [-0.2, 0) is 11.2 Å². The Morgan fingerprint density at radius 2 is 2.16 bits per heavy atom. The molecule has 1 N–H and O–H groups in total. The highest BCUT2D eigenvalue weighted by molar-refractivity contribution is 9.10. The van der Waals surface area contributed by atoms with E-state index in [2.05, 4.69) is 26.0 Å². The van der Waals surface area contributed by atoms with E-state index >= 15 is 0 Å². The van der Waals surface area contributed by atoms with Crippen molar-refractivity contribution in [1.82, 2.24) is 9.66 Å². The standard InChI is InChI=1S/C20H16BrClN4O6/c1-3-17-24-15-5-4-12(21)7-14(15)19(27)25(17)23-9-11-6-13(22)8-16(26(30)31)18(11)32-10(2)20(28)29/h4-10H,3H2,1-2H3,(H,28,29)/t10-/m0/s1. The van der Waals surface area contributed by atoms with Crippen LogP contribution >= 0.6 is 27.5 Å². The Kier molecular flexibility index (Phi) is 6.90. The van der Waals surface area contributed by atoms with Gasteiger partial charge in [-0.25, -0.2) is 9.78 Å². The molecule has 166 valence electrons. The van der Waals surface area contributed by atoms with Crippen molar-refractivity contribution in [2.45, 2.75) is 26.4 Å². The fourth-order valence-electron chi connectivity index (χ4n) is 2.85. The number of ether oxygens (including phenoxy) is 1. The van der Waals surface area contributed by atoms with Gasteiger partial charge in [0.1, 0.15) is 5.82 Å². The van der Waals surface area contributed by atoms with Crippen LogP contribution in [0.2, 0.25) is 5.02 Å². The van der Waals surface area contributed by atoms with Crippen molar-refractivity contribution in [3.8, 4) is 5.75 Å². The molecule has 10 nitrogen and oxygen atoms in total. The lowest BCUT2D eigenvalue weighted by Crippen LogP contribution is -2.24. The van der Waals surface area contributed by atoms with Crippen LogP contribution in [0.5, 0.6) is 5.75 Å². The molecule has 0 fully saturated rings. The Hall–Kier alpha value is -3.31. The second-order valence-electron chi connectivity index (χ2n) is 6.60. The van der Waals surface area contributed by atoms with E-state index in [1.54, 1.807) is 25.1 Å². The average molecular weight is 524 g/mol. The third-order valence-corrected chi connectivity index (χ3v) is 5.12. The normalized spacial score (nSPS) is 12.2. The number of benzene rings is 2. The number of nitro groups is 1. The summed E-state index contributed by atoms with van der Waals surface area (Å²) in [5, 5.41) is 25.1. The number of nitrogens with zero attached hydrogens (tertiary/aromatic N) is 4. The summed E-state index contributed by atoms with van der Waals surface area (Å²) in [5.74, 6) is -1.29. The predicted octanol–water partition coefficient (Wildman–Crippen LogP) is 4.02. The van der Waals surface area contributed by atoms with E-state index in [0.29, 0.717) is 27.6 Å². The number of rotatable bonds is 7. The van der Waals surface area contributed by atoms with E-state index in [1.807, 2.05) is 0 Å². The second-order valence-corrected chi connectivity index (χ2v) is 7.96. The number of aromatic nitrogens is 2. The van der Waals surface area contributed by atoms with Crippen molar-refractivity contribution in [3.05, 3.63) is 71.7 Å². The lowest BCUT2D eigenvalue weighted by molar-refractivity contribution is -0.386. The van der Waals surface area contributed by atoms with Gasteiger partial charge in [0.05, 0.1) is 22.0 Å². The largest absolute Gasteiger partial charge is 0.479 e. The molecule has 0 aliphatic rings. The van der Waals surface area contributed by atoms with E-state index in [9.17, 15) is 19.7 Å². The van der Waals surface area contributed by atoms with Gasteiger partial charge < -0.3 is 9.84 Å². The maximum absolute atomic E-state index is 13.0. The monoisotopic (exact) mass is 522 g/mol. The number of hydrogen-bond acceptors (Lipinski definition) is 7. The Labute approximate surface area is 194 Å². The fourth-order valence-corrected chi connectivity index (χ4v) is 3.43. The van der Waals surface area contributed by atoms with Gasteiger partial charge in [-0.3, -0.25) is 14.9 Å². The first-order valence-electron chi connectivity index (χ1n) is 9.25. The van der Waals surface area contributed by atoms with E-state index in [0.717, 1.165) is 17.0 Å². The van der Waals surface area contributed by atoms with E-state index < -0.39 is 28.2 Å². The van der Waals surface area contributed by atoms with E-state index in [1.165, 1.54) is 13.0 Å². The van der Waals surface area contributed by atoms with Crippen molar-refractivity contribution in [3.63, 3.8) is 0 Å². The minimum Gasteiger partial charge on any atom is -0.479 e. The molecular weight excluding hydrogens is 508 g/mol. The highest BCUT2D eigenvalue weighted by Gasteiger charge is 2.25. The van der Waals surface area contributed by atoms with E-state index in [4.69, 9.17) is 21.4 Å². The fraction of sp³-hybridized carbons (Fsp3) is 0.200. The van der Waals surface area contributed by atoms with Crippen molar-refractivity contribution >= 4 is 56.3 Å². The number of halogens is 2. The molecule has 0 bridgehead atoms. The molecule has 0 spiro atoms. The average Bonchev–Trinajstić information content (AvgIpc) is 2.74. The SMILES string of the molecule is CCc1nc2ccc(Br)cc2c(=O)n1N=Cc1cc(Cl)cc([N+](=O)[O-])c1O[C@@H](C)C(=O)O. The molecule has 0 aliphatic heterocycles. The summed E-state index contributed by atoms with van der Waals surface area (Å²) in [6.45, 7) is 3.03. The zero-order valence-electron chi connectivity index (χ0n) is 16.8. The summed E-state index contributed by atoms with van der Waals surface area (Å²) in [7, 11) is 0. The van der Waals surface area contributed by atoms with Crippen molar-refractivity contribution in [2.75, 3.05) is 0 Å². The van der Waals surface area contributed by atoms with Crippen molar-refractivity contribution in [2.24, 2.45) is 5.10 Å². The van der Waals surface area contributed by atoms with Gasteiger partial charge in [-0.05, 0) is 31.2 Å². The molecule has 0 radical (unpaired) electrons. The quantitative estimate of drug-likeness (QED) is 0.280. The van der Waals surface area contributed by atoms with Gasteiger partial charge >= 0.3 is 11.7 Å². The number of carbonyl (C=O) groups is 1. The van der Waals surface area contributed by atoms with Gasteiger partial charge in [-0.15, -0.1) is 0 Å². The highest BCUT2D eigenvalue weighted by Crippen LogP contribution is 2.34. The molecule has 0 unspecified atom stereocenters. The molecule has 1 aromatic heterocycles. The summed E-state index contributed by atoms with van der Waals surface area (Å²) < 4.78 is 7.08. The zero-order valence-corrected chi connectivity index (χ0v) is 19.1. The lowest BCUT2D eigenvalue weighted by atomic mass is 10.2. The maximum Gasteiger partial charge on any atom is 0.344 e. The first kappa shape index (κ1) is 23.4. The molecule has 2 aromatic carbocycles. The van der Waals surface area contributed by atoms with E-state index in [-0.39, 0.29) is 16.3 Å². The van der Waals surface area contributed by atoms with Crippen LogP contribution in [0.4, 0.5) is 5.69 Å². The lowest BCUT2D eigenvalue weighted by Gasteiger charge is -2.13. The summed E-state index contributed by atoms with van der Waals surface area (Å²) in [5.41, 5.74) is -0.447. The van der Waals surface area contributed by atoms with Crippen LogP contribution in [0.25, 0.3) is 10.9 Å². The number of aliphatic carboxylic acids is 1. The minimum atomic E-state index is -1.38. The molecule has 1 heterocycles. The molecule has 32 heavy (non-hydrogen) atoms. The number of fused-ring (bicyclic) bond motifs is 1.